The second-order valence-corrected chi connectivity index (χ2v) is 5.24. The molecule has 1 saturated heterocycles. The molecule has 1 aliphatic carbocycles. The van der Waals surface area contributed by atoms with Gasteiger partial charge in [-0.25, -0.2) is 8.78 Å². The molecule has 0 radical (unpaired) electrons. The highest BCUT2D eigenvalue weighted by Gasteiger charge is 2.54. The summed E-state index contributed by atoms with van der Waals surface area (Å²) in [6.45, 7) is -0.347. The Bertz CT molecular complexity index is 348. The zero-order valence-corrected chi connectivity index (χ0v) is 10.2. The minimum absolute atomic E-state index is 0.341. The summed E-state index contributed by atoms with van der Waals surface area (Å²) in [7, 11) is 0. The lowest BCUT2D eigenvalue weighted by atomic mass is 10.00. The van der Waals surface area contributed by atoms with E-state index in [9.17, 15) is 18.4 Å². The molecule has 0 aromatic heterocycles. The first-order chi connectivity index (χ1) is 8.39. The number of carbonyl (C=O) groups is 2. The zero-order valence-electron chi connectivity index (χ0n) is 10.2. The summed E-state index contributed by atoms with van der Waals surface area (Å²) in [6.07, 6.45) is 2.14. The average molecular weight is 261 g/mol. The van der Waals surface area contributed by atoms with Crippen LogP contribution in [0.25, 0.3) is 0 Å². The summed E-state index contributed by atoms with van der Waals surface area (Å²) < 4.78 is 26.1. The van der Waals surface area contributed by atoms with Gasteiger partial charge in [-0.2, -0.15) is 0 Å². The number of aliphatic hydroxyl groups excluding tert-OH is 1. The standard InChI is InChI=1S/C12H17F2NO3/c1-2-7-3-8-9(4-7)11(18)15(10(8)17)5-12(13,14)6-16/h7-9,16H,2-6H2,1H3. The van der Waals surface area contributed by atoms with Crippen LogP contribution in [0.1, 0.15) is 26.2 Å². The summed E-state index contributed by atoms with van der Waals surface area (Å²) in [5, 5.41) is 8.51. The first-order valence-corrected chi connectivity index (χ1v) is 6.23. The fourth-order valence-electron chi connectivity index (χ4n) is 2.97. The molecule has 2 aliphatic rings. The Kier molecular flexibility index (Phi) is 3.40. The number of hydrogen-bond acceptors (Lipinski definition) is 3. The molecule has 2 fully saturated rings. The molecule has 0 aromatic carbocycles. The molecule has 1 aliphatic heterocycles. The second-order valence-electron chi connectivity index (χ2n) is 5.24. The molecule has 2 atom stereocenters. The molecule has 6 heteroatoms. The largest absolute Gasteiger partial charge is 0.390 e. The van der Waals surface area contributed by atoms with E-state index in [-0.39, 0.29) is 0 Å². The van der Waals surface area contributed by atoms with E-state index in [4.69, 9.17) is 5.11 Å². The third-order valence-electron chi connectivity index (χ3n) is 4.02. The number of alkyl halides is 2. The van der Waals surface area contributed by atoms with Crippen molar-refractivity contribution in [3.63, 3.8) is 0 Å². The SMILES string of the molecule is CCC1CC2C(=O)N(CC(F)(F)CO)C(=O)C2C1. The van der Waals surface area contributed by atoms with Crippen molar-refractivity contribution in [2.24, 2.45) is 17.8 Å². The fourth-order valence-corrected chi connectivity index (χ4v) is 2.97. The Morgan fingerprint density at radius 2 is 1.78 bits per heavy atom. The highest BCUT2D eigenvalue weighted by atomic mass is 19.3. The summed E-state index contributed by atoms with van der Waals surface area (Å²) in [5.74, 6) is -4.89. The topological polar surface area (TPSA) is 57.6 Å². The van der Waals surface area contributed by atoms with E-state index >= 15 is 0 Å². The maximum atomic E-state index is 13.1. The van der Waals surface area contributed by atoms with Crippen molar-refractivity contribution >= 4 is 11.8 Å². The Hall–Kier alpha value is -1.04. The molecular formula is C12H17F2NO3. The van der Waals surface area contributed by atoms with Crippen molar-refractivity contribution in [3.05, 3.63) is 0 Å². The van der Waals surface area contributed by atoms with Crippen LogP contribution >= 0.6 is 0 Å². The highest BCUT2D eigenvalue weighted by molar-refractivity contribution is 6.05. The predicted octanol–water partition coefficient (Wildman–Crippen LogP) is 1.04. The van der Waals surface area contributed by atoms with Gasteiger partial charge in [0, 0.05) is 0 Å². The normalized spacial score (nSPS) is 32.2. The van der Waals surface area contributed by atoms with Crippen molar-refractivity contribution < 1.29 is 23.5 Å². The molecule has 4 nitrogen and oxygen atoms in total. The molecule has 1 heterocycles. The number of aliphatic hydroxyl groups is 1. The number of halogens is 2. The van der Waals surface area contributed by atoms with Gasteiger partial charge in [0.2, 0.25) is 11.8 Å². The van der Waals surface area contributed by atoms with E-state index in [1.807, 2.05) is 6.92 Å². The van der Waals surface area contributed by atoms with Crippen LogP contribution in [-0.4, -0.2) is 40.9 Å². The molecule has 1 N–H and O–H groups in total. The lowest BCUT2D eigenvalue weighted by molar-refractivity contribution is -0.149. The smallest absolute Gasteiger partial charge is 0.288 e. The molecule has 2 amide bonds. The summed E-state index contributed by atoms with van der Waals surface area (Å²) in [6, 6.07) is 0. The first kappa shape index (κ1) is 13.4. The third-order valence-corrected chi connectivity index (χ3v) is 4.02. The van der Waals surface area contributed by atoms with E-state index < -0.39 is 42.7 Å². The van der Waals surface area contributed by atoms with Gasteiger partial charge >= 0.3 is 0 Å². The monoisotopic (exact) mass is 261 g/mol. The van der Waals surface area contributed by atoms with Gasteiger partial charge in [0.05, 0.1) is 18.4 Å². The minimum atomic E-state index is -3.41. The molecule has 0 spiro atoms. The van der Waals surface area contributed by atoms with Gasteiger partial charge < -0.3 is 5.11 Å². The average Bonchev–Trinajstić information content (AvgIpc) is 2.85. The molecule has 2 rings (SSSR count). The second kappa shape index (κ2) is 4.57. The molecule has 18 heavy (non-hydrogen) atoms. The van der Waals surface area contributed by atoms with Gasteiger partial charge in [-0.15, -0.1) is 0 Å². The minimum Gasteiger partial charge on any atom is -0.390 e. The highest BCUT2D eigenvalue weighted by Crippen LogP contribution is 2.44. The van der Waals surface area contributed by atoms with E-state index in [1.165, 1.54) is 0 Å². The number of hydrogen-bond donors (Lipinski definition) is 1. The van der Waals surface area contributed by atoms with Gasteiger partial charge in [0.25, 0.3) is 5.92 Å². The van der Waals surface area contributed by atoms with E-state index in [1.54, 1.807) is 0 Å². The Morgan fingerprint density at radius 1 is 1.28 bits per heavy atom. The zero-order chi connectivity index (χ0) is 13.5. The Balaban J connectivity index is 2.10. The first-order valence-electron chi connectivity index (χ1n) is 6.23. The lowest BCUT2D eigenvalue weighted by Crippen LogP contribution is -2.43. The molecule has 2 unspecified atom stereocenters. The predicted molar refractivity (Wildman–Crippen MR) is 58.7 cm³/mol. The van der Waals surface area contributed by atoms with Crippen molar-refractivity contribution in [2.75, 3.05) is 13.2 Å². The van der Waals surface area contributed by atoms with Crippen LogP contribution in [0.4, 0.5) is 8.78 Å². The molecule has 102 valence electrons. The number of imide groups is 1. The molecule has 0 bridgehead atoms. The fraction of sp³-hybridized carbons (Fsp3) is 0.833. The lowest BCUT2D eigenvalue weighted by Gasteiger charge is -2.22. The van der Waals surface area contributed by atoms with Crippen LogP contribution in [-0.2, 0) is 9.59 Å². The van der Waals surface area contributed by atoms with E-state index in [0.717, 1.165) is 6.42 Å². The summed E-state index contributed by atoms with van der Waals surface area (Å²) in [4.78, 5) is 24.5. The van der Waals surface area contributed by atoms with Crippen molar-refractivity contribution in [1.82, 2.24) is 4.90 Å². The quantitative estimate of drug-likeness (QED) is 0.769. The van der Waals surface area contributed by atoms with Crippen molar-refractivity contribution in [1.29, 1.82) is 0 Å². The van der Waals surface area contributed by atoms with Crippen molar-refractivity contribution in [2.45, 2.75) is 32.1 Å². The number of nitrogens with zero attached hydrogens (tertiary/aromatic N) is 1. The molecule has 1 saturated carbocycles. The van der Waals surface area contributed by atoms with Gasteiger partial charge in [-0.3, -0.25) is 14.5 Å². The van der Waals surface area contributed by atoms with E-state index in [2.05, 4.69) is 0 Å². The molecule has 0 aromatic rings. The number of rotatable bonds is 4. The van der Waals surface area contributed by atoms with Crippen LogP contribution in [0.15, 0.2) is 0 Å². The van der Waals surface area contributed by atoms with Crippen molar-refractivity contribution in [3.8, 4) is 0 Å². The van der Waals surface area contributed by atoms with Crippen LogP contribution in [0.3, 0.4) is 0 Å². The van der Waals surface area contributed by atoms with Crippen LogP contribution in [0, 0.1) is 17.8 Å². The maximum Gasteiger partial charge on any atom is 0.288 e. The van der Waals surface area contributed by atoms with Gasteiger partial charge in [0.15, 0.2) is 0 Å². The summed E-state index contributed by atoms with van der Waals surface area (Å²) in [5.41, 5.74) is 0. The van der Waals surface area contributed by atoms with Crippen LogP contribution in [0.2, 0.25) is 0 Å². The number of fused-ring (bicyclic) bond motifs is 1. The Labute approximate surface area is 104 Å². The van der Waals surface area contributed by atoms with Gasteiger partial charge in [-0.1, -0.05) is 13.3 Å². The Morgan fingerprint density at radius 3 is 2.17 bits per heavy atom. The summed E-state index contributed by atoms with van der Waals surface area (Å²) >= 11 is 0. The number of amides is 2. The number of likely N-dealkylation sites (tertiary alicyclic amines) is 1. The van der Waals surface area contributed by atoms with Gasteiger partial charge in [0.1, 0.15) is 6.61 Å². The van der Waals surface area contributed by atoms with Crippen LogP contribution in [0.5, 0.6) is 0 Å². The number of carbonyl (C=O) groups excluding carboxylic acids is 2. The van der Waals surface area contributed by atoms with Crippen LogP contribution < -0.4 is 0 Å². The molecular weight excluding hydrogens is 244 g/mol. The van der Waals surface area contributed by atoms with Gasteiger partial charge in [-0.05, 0) is 18.8 Å². The maximum absolute atomic E-state index is 13.1. The third kappa shape index (κ3) is 2.13. The van der Waals surface area contributed by atoms with E-state index in [0.29, 0.717) is 23.7 Å².